The summed E-state index contributed by atoms with van der Waals surface area (Å²) in [5.41, 5.74) is 6.79. The molecule has 1 aliphatic carbocycles. The van der Waals surface area contributed by atoms with Crippen molar-refractivity contribution in [3.63, 3.8) is 0 Å². The molecule has 0 bridgehead atoms. The molecule has 0 saturated heterocycles. The van der Waals surface area contributed by atoms with Gasteiger partial charge in [0.25, 0.3) is 0 Å². The van der Waals surface area contributed by atoms with Crippen LogP contribution >= 0.6 is 0 Å². The first-order valence-corrected chi connectivity index (χ1v) is 6.90. The Bertz CT molecular complexity index is 628. The van der Waals surface area contributed by atoms with Crippen molar-refractivity contribution in [1.82, 2.24) is 0 Å². The van der Waals surface area contributed by atoms with E-state index in [9.17, 15) is 13.2 Å². The molecule has 0 radical (unpaired) electrons. The van der Waals surface area contributed by atoms with Crippen LogP contribution in [0.25, 0.3) is 0 Å². The summed E-state index contributed by atoms with van der Waals surface area (Å²) in [7, 11) is 0. The summed E-state index contributed by atoms with van der Waals surface area (Å²) in [5, 5.41) is 0. The molecule has 2 N–H and O–H groups in total. The van der Waals surface area contributed by atoms with Crippen LogP contribution in [0.4, 0.5) is 13.2 Å². The van der Waals surface area contributed by atoms with Gasteiger partial charge in [0.2, 0.25) is 0 Å². The van der Waals surface area contributed by atoms with Crippen molar-refractivity contribution in [2.75, 3.05) is 0 Å². The van der Waals surface area contributed by atoms with Gasteiger partial charge in [0.15, 0.2) is 0 Å². The molecular formula is C17H16F3N. The van der Waals surface area contributed by atoms with E-state index in [1.54, 1.807) is 6.07 Å². The second kappa shape index (κ2) is 4.88. The molecule has 1 aliphatic rings. The van der Waals surface area contributed by atoms with Gasteiger partial charge in [0, 0.05) is 5.54 Å². The third-order valence-electron chi connectivity index (χ3n) is 4.26. The molecule has 21 heavy (non-hydrogen) atoms. The number of hydrogen-bond donors (Lipinski definition) is 1. The normalized spacial score (nSPS) is 25.4. The Kier molecular flexibility index (Phi) is 3.29. The maximum absolute atomic E-state index is 12.8. The maximum Gasteiger partial charge on any atom is 0.416 e. The van der Waals surface area contributed by atoms with Gasteiger partial charge in [-0.2, -0.15) is 13.2 Å². The highest BCUT2D eigenvalue weighted by Crippen LogP contribution is 2.49. The lowest BCUT2D eigenvalue weighted by molar-refractivity contribution is -0.137. The first-order valence-electron chi connectivity index (χ1n) is 6.90. The molecule has 1 nitrogen and oxygen atoms in total. The molecule has 0 aromatic heterocycles. The number of nitrogens with two attached hydrogens (primary N) is 1. The van der Waals surface area contributed by atoms with Crippen molar-refractivity contribution < 1.29 is 13.2 Å². The summed E-state index contributed by atoms with van der Waals surface area (Å²) in [6, 6.07) is 15.4. The molecule has 0 heterocycles. The Balaban J connectivity index is 1.80. The molecule has 0 unspecified atom stereocenters. The summed E-state index contributed by atoms with van der Waals surface area (Å²) in [6.45, 7) is 0. The van der Waals surface area contributed by atoms with E-state index in [0.29, 0.717) is 24.3 Å². The molecule has 1 saturated carbocycles. The van der Waals surface area contributed by atoms with Crippen LogP contribution in [0.3, 0.4) is 0 Å². The van der Waals surface area contributed by atoms with Gasteiger partial charge >= 0.3 is 6.18 Å². The first kappa shape index (κ1) is 14.1. The molecule has 2 aromatic rings. The van der Waals surface area contributed by atoms with Crippen LogP contribution in [0.5, 0.6) is 0 Å². The van der Waals surface area contributed by atoms with Gasteiger partial charge in [-0.15, -0.1) is 0 Å². The maximum atomic E-state index is 12.8. The van der Waals surface area contributed by atoms with Crippen LogP contribution in [0.2, 0.25) is 0 Å². The van der Waals surface area contributed by atoms with Crippen LogP contribution in [0, 0.1) is 0 Å². The van der Waals surface area contributed by atoms with E-state index >= 15 is 0 Å². The van der Waals surface area contributed by atoms with Crippen molar-refractivity contribution in [2.24, 2.45) is 5.73 Å². The minimum absolute atomic E-state index is 0.325. The Morgan fingerprint density at radius 1 is 0.952 bits per heavy atom. The number of alkyl halides is 3. The van der Waals surface area contributed by atoms with Crippen LogP contribution in [0.1, 0.15) is 35.4 Å². The lowest BCUT2D eigenvalue weighted by Crippen LogP contribution is -2.47. The minimum Gasteiger partial charge on any atom is -0.321 e. The molecular weight excluding hydrogens is 275 g/mol. The highest BCUT2D eigenvalue weighted by Gasteiger charge is 2.43. The lowest BCUT2D eigenvalue weighted by Gasteiger charge is -2.46. The highest BCUT2D eigenvalue weighted by atomic mass is 19.4. The van der Waals surface area contributed by atoms with E-state index in [0.717, 1.165) is 6.07 Å². The smallest absolute Gasteiger partial charge is 0.321 e. The van der Waals surface area contributed by atoms with Gasteiger partial charge in [-0.25, -0.2) is 0 Å². The highest BCUT2D eigenvalue weighted by molar-refractivity contribution is 5.36. The Morgan fingerprint density at radius 3 is 2.24 bits per heavy atom. The molecule has 3 rings (SSSR count). The van der Waals surface area contributed by atoms with Crippen molar-refractivity contribution in [3.05, 3.63) is 71.3 Å². The molecule has 4 heteroatoms. The van der Waals surface area contributed by atoms with E-state index in [1.807, 2.05) is 30.3 Å². The Labute approximate surface area is 121 Å². The molecule has 110 valence electrons. The van der Waals surface area contributed by atoms with Crippen LogP contribution in [-0.4, -0.2) is 0 Å². The summed E-state index contributed by atoms with van der Waals surface area (Å²) in [6.07, 6.45) is -2.97. The van der Waals surface area contributed by atoms with Gasteiger partial charge < -0.3 is 5.73 Å². The van der Waals surface area contributed by atoms with E-state index < -0.39 is 17.3 Å². The third kappa shape index (κ3) is 2.68. The molecule has 0 atom stereocenters. The number of benzene rings is 2. The fourth-order valence-corrected chi connectivity index (χ4v) is 3.02. The quantitative estimate of drug-likeness (QED) is 0.870. The Hall–Kier alpha value is -1.81. The van der Waals surface area contributed by atoms with E-state index in [4.69, 9.17) is 5.73 Å². The zero-order valence-corrected chi connectivity index (χ0v) is 11.4. The summed E-state index contributed by atoms with van der Waals surface area (Å²) in [5.74, 6) is 0.325. The minimum atomic E-state index is -4.32. The van der Waals surface area contributed by atoms with Gasteiger partial charge in [-0.05, 0) is 42.0 Å². The van der Waals surface area contributed by atoms with Gasteiger partial charge in [0.1, 0.15) is 0 Å². The zero-order valence-electron chi connectivity index (χ0n) is 11.4. The number of halogens is 3. The molecule has 0 spiro atoms. The molecule has 2 aromatic carbocycles. The van der Waals surface area contributed by atoms with Crippen LogP contribution in [0.15, 0.2) is 54.6 Å². The largest absolute Gasteiger partial charge is 0.416 e. The van der Waals surface area contributed by atoms with E-state index in [1.165, 1.54) is 17.7 Å². The zero-order chi connectivity index (χ0) is 15.1. The van der Waals surface area contributed by atoms with Crippen LogP contribution in [-0.2, 0) is 11.7 Å². The van der Waals surface area contributed by atoms with Crippen LogP contribution < -0.4 is 5.73 Å². The van der Waals surface area contributed by atoms with Gasteiger partial charge in [-0.1, -0.05) is 42.5 Å². The fraction of sp³-hybridized carbons (Fsp3) is 0.294. The summed E-state index contributed by atoms with van der Waals surface area (Å²) < 4.78 is 38.3. The second-order valence-corrected chi connectivity index (χ2v) is 5.75. The monoisotopic (exact) mass is 291 g/mol. The summed E-state index contributed by atoms with van der Waals surface area (Å²) >= 11 is 0. The van der Waals surface area contributed by atoms with Gasteiger partial charge in [-0.3, -0.25) is 0 Å². The van der Waals surface area contributed by atoms with E-state index in [2.05, 4.69) is 0 Å². The average molecular weight is 291 g/mol. The number of rotatable bonds is 2. The standard InChI is InChI=1S/C17H16F3N/c18-17(19,20)15-8-4-7-14(9-15)16(21)10-13(11-16)12-5-2-1-3-6-12/h1-9,13H,10-11,21H2. The second-order valence-electron chi connectivity index (χ2n) is 5.75. The molecule has 1 fully saturated rings. The van der Waals surface area contributed by atoms with Crippen molar-refractivity contribution in [1.29, 1.82) is 0 Å². The first-order chi connectivity index (χ1) is 9.88. The van der Waals surface area contributed by atoms with Gasteiger partial charge in [0.05, 0.1) is 5.56 Å². The molecule has 0 aliphatic heterocycles. The topological polar surface area (TPSA) is 26.0 Å². The van der Waals surface area contributed by atoms with Crippen molar-refractivity contribution >= 4 is 0 Å². The summed E-state index contributed by atoms with van der Waals surface area (Å²) in [4.78, 5) is 0. The third-order valence-corrected chi connectivity index (χ3v) is 4.26. The van der Waals surface area contributed by atoms with Crippen molar-refractivity contribution in [2.45, 2.75) is 30.5 Å². The van der Waals surface area contributed by atoms with Crippen molar-refractivity contribution in [3.8, 4) is 0 Å². The predicted octanol–water partition coefficient (Wildman–Crippen LogP) is 4.44. The number of hydrogen-bond acceptors (Lipinski definition) is 1. The SMILES string of the molecule is NC1(c2cccc(C(F)(F)F)c2)CC(c2ccccc2)C1. The lowest BCUT2D eigenvalue weighted by atomic mass is 9.63. The Morgan fingerprint density at radius 2 is 1.62 bits per heavy atom. The predicted molar refractivity (Wildman–Crippen MR) is 75.7 cm³/mol. The van der Waals surface area contributed by atoms with E-state index in [-0.39, 0.29) is 0 Å². The fourth-order valence-electron chi connectivity index (χ4n) is 3.02. The average Bonchev–Trinajstić information content (AvgIpc) is 2.44. The molecule has 0 amide bonds.